The summed E-state index contributed by atoms with van der Waals surface area (Å²) in [5.41, 5.74) is 0. The molecule has 0 aromatic rings. The number of amides is 1. The van der Waals surface area contributed by atoms with Crippen LogP contribution in [-0.4, -0.2) is 54.9 Å². The quantitative estimate of drug-likeness (QED) is 0.618. The third kappa shape index (κ3) is 3.47. The fourth-order valence-corrected chi connectivity index (χ4v) is 4.21. The minimum atomic E-state index is -3.84. The van der Waals surface area contributed by atoms with E-state index < -0.39 is 22.2 Å². The number of carboxylic acid groups (broad SMARTS) is 1. The number of rotatable bonds is 4. The molecule has 2 heterocycles. The van der Waals surface area contributed by atoms with E-state index in [2.05, 4.69) is 10.0 Å². The summed E-state index contributed by atoms with van der Waals surface area (Å²) in [6.45, 7) is 0.453. The van der Waals surface area contributed by atoms with Crippen LogP contribution in [0.25, 0.3) is 0 Å². The standard InChI is InChI=1S/C11H19N3O5S/c15-10-5-4-8(7-12-10)13-20(18,19)14-6-2-1-3-9(14)11(16)17/h8-9,13H,1-7H2,(H,12,15)(H,16,17). The second-order valence-electron chi connectivity index (χ2n) is 5.12. The molecule has 114 valence electrons. The first kappa shape index (κ1) is 15.2. The lowest BCUT2D eigenvalue weighted by Gasteiger charge is -2.34. The average molecular weight is 305 g/mol. The number of nitrogens with one attached hydrogen (secondary N) is 2. The maximum atomic E-state index is 12.3. The molecule has 0 aliphatic carbocycles. The fourth-order valence-electron chi connectivity index (χ4n) is 2.55. The Kier molecular flexibility index (Phi) is 4.61. The molecule has 0 spiro atoms. The third-order valence-corrected chi connectivity index (χ3v) is 5.31. The highest BCUT2D eigenvalue weighted by Crippen LogP contribution is 2.20. The predicted octanol–water partition coefficient (Wildman–Crippen LogP) is -0.961. The zero-order valence-corrected chi connectivity index (χ0v) is 11.9. The summed E-state index contributed by atoms with van der Waals surface area (Å²) < 4.78 is 28.1. The van der Waals surface area contributed by atoms with Gasteiger partial charge in [-0.2, -0.15) is 17.4 Å². The first-order valence-electron chi connectivity index (χ1n) is 6.69. The van der Waals surface area contributed by atoms with E-state index in [1.165, 1.54) is 0 Å². The molecule has 2 saturated heterocycles. The van der Waals surface area contributed by atoms with Crippen LogP contribution < -0.4 is 10.0 Å². The molecule has 9 heteroatoms. The number of piperidine rings is 2. The van der Waals surface area contributed by atoms with Gasteiger partial charge in [0, 0.05) is 25.6 Å². The predicted molar refractivity (Wildman–Crippen MR) is 70.1 cm³/mol. The van der Waals surface area contributed by atoms with Gasteiger partial charge in [0.05, 0.1) is 0 Å². The summed E-state index contributed by atoms with van der Waals surface area (Å²) in [5.74, 6) is -1.21. The van der Waals surface area contributed by atoms with Gasteiger partial charge in [-0.1, -0.05) is 0 Å². The summed E-state index contributed by atoms with van der Waals surface area (Å²) in [5, 5.41) is 11.7. The molecule has 2 rings (SSSR count). The Morgan fingerprint density at radius 3 is 2.70 bits per heavy atom. The number of carbonyl (C=O) groups excluding carboxylic acids is 1. The molecule has 2 fully saturated rings. The zero-order chi connectivity index (χ0) is 14.8. The Balaban J connectivity index is 2.04. The van der Waals surface area contributed by atoms with E-state index in [4.69, 9.17) is 5.11 Å². The molecule has 8 nitrogen and oxygen atoms in total. The van der Waals surface area contributed by atoms with E-state index in [0.29, 0.717) is 25.7 Å². The van der Waals surface area contributed by atoms with Crippen LogP contribution >= 0.6 is 0 Å². The summed E-state index contributed by atoms with van der Waals surface area (Å²) in [6, 6.07) is -1.38. The summed E-state index contributed by atoms with van der Waals surface area (Å²) >= 11 is 0. The van der Waals surface area contributed by atoms with E-state index >= 15 is 0 Å². The van der Waals surface area contributed by atoms with Crippen molar-refractivity contribution in [2.75, 3.05) is 13.1 Å². The van der Waals surface area contributed by atoms with Crippen molar-refractivity contribution in [1.82, 2.24) is 14.3 Å². The highest BCUT2D eigenvalue weighted by Gasteiger charge is 2.38. The number of hydrogen-bond acceptors (Lipinski definition) is 4. The van der Waals surface area contributed by atoms with Crippen molar-refractivity contribution < 1.29 is 23.1 Å². The van der Waals surface area contributed by atoms with Gasteiger partial charge in [-0.05, 0) is 25.7 Å². The van der Waals surface area contributed by atoms with Gasteiger partial charge in [0.2, 0.25) is 5.91 Å². The molecule has 0 aromatic heterocycles. The average Bonchev–Trinajstić information content (AvgIpc) is 2.41. The zero-order valence-electron chi connectivity index (χ0n) is 11.0. The minimum absolute atomic E-state index is 0.0955. The van der Waals surface area contributed by atoms with Crippen LogP contribution in [0.15, 0.2) is 0 Å². The molecule has 0 saturated carbocycles. The molecule has 2 atom stereocenters. The van der Waals surface area contributed by atoms with Crippen LogP contribution in [0, 0.1) is 0 Å². The van der Waals surface area contributed by atoms with Crippen LogP contribution in [0.4, 0.5) is 0 Å². The van der Waals surface area contributed by atoms with Crippen molar-refractivity contribution in [2.24, 2.45) is 0 Å². The van der Waals surface area contributed by atoms with Crippen molar-refractivity contribution in [1.29, 1.82) is 0 Å². The lowest BCUT2D eigenvalue weighted by atomic mass is 10.1. The van der Waals surface area contributed by atoms with Gasteiger partial charge in [0.1, 0.15) is 6.04 Å². The number of nitrogens with zero attached hydrogens (tertiary/aromatic N) is 1. The lowest BCUT2D eigenvalue weighted by molar-refractivity contribution is -0.142. The van der Waals surface area contributed by atoms with Crippen LogP contribution in [0.2, 0.25) is 0 Å². The highest BCUT2D eigenvalue weighted by atomic mass is 32.2. The Labute approximate surface area is 117 Å². The maximum absolute atomic E-state index is 12.3. The number of aliphatic carboxylic acids is 1. The van der Waals surface area contributed by atoms with Gasteiger partial charge in [0.15, 0.2) is 0 Å². The largest absolute Gasteiger partial charge is 0.480 e. The second kappa shape index (κ2) is 6.06. The van der Waals surface area contributed by atoms with Gasteiger partial charge in [-0.15, -0.1) is 0 Å². The van der Waals surface area contributed by atoms with Gasteiger partial charge >= 0.3 is 5.97 Å². The summed E-state index contributed by atoms with van der Waals surface area (Å²) in [7, 11) is -3.84. The van der Waals surface area contributed by atoms with Crippen LogP contribution in [-0.2, 0) is 19.8 Å². The monoisotopic (exact) mass is 305 g/mol. The van der Waals surface area contributed by atoms with Gasteiger partial charge in [-0.3, -0.25) is 9.59 Å². The van der Waals surface area contributed by atoms with E-state index in [-0.39, 0.29) is 31.5 Å². The molecule has 20 heavy (non-hydrogen) atoms. The Bertz CT molecular complexity index is 482. The van der Waals surface area contributed by atoms with Crippen molar-refractivity contribution in [2.45, 2.75) is 44.2 Å². The molecule has 0 radical (unpaired) electrons. The molecule has 1 amide bonds. The van der Waals surface area contributed by atoms with Crippen molar-refractivity contribution in [3.63, 3.8) is 0 Å². The highest BCUT2D eigenvalue weighted by molar-refractivity contribution is 7.87. The van der Waals surface area contributed by atoms with E-state index in [1.807, 2.05) is 0 Å². The first-order valence-corrected chi connectivity index (χ1v) is 8.13. The smallest absolute Gasteiger partial charge is 0.322 e. The van der Waals surface area contributed by atoms with Gasteiger partial charge in [-0.25, -0.2) is 0 Å². The Hall–Kier alpha value is -1.19. The van der Waals surface area contributed by atoms with Crippen LogP contribution in [0.3, 0.4) is 0 Å². The molecular weight excluding hydrogens is 286 g/mol. The molecule has 0 aromatic carbocycles. The van der Waals surface area contributed by atoms with E-state index in [9.17, 15) is 18.0 Å². The van der Waals surface area contributed by atoms with Crippen LogP contribution in [0.5, 0.6) is 0 Å². The molecule has 2 unspecified atom stereocenters. The first-order chi connectivity index (χ1) is 9.40. The van der Waals surface area contributed by atoms with E-state index in [0.717, 1.165) is 4.31 Å². The third-order valence-electron chi connectivity index (χ3n) is 3.63. The Morgan fingerprint density at radius 1 is 1.35 bits per heavy atom. The van der Waals surface area contributed by atoms with E-state index in [1.54, 1.807) is 0 Å². The van der Waals surface area contributed by atoms with Crippen molar-refractivity contribution in [3.8, 4) is 0 Å². The summed E-state index contributed by atoms with van der Waals surface area (Å²) in [6.07, 6.45) is 2.40. The number of hydrogen-bond donors (Lipinski definition) is 3. The number of carbonyl (C=O) groups is 2. The molecule has 3 N–H and O–H groups in total. The van der Waals surface area contributed by atoms with Gasteiger partial charge < -0.3 is 10.4 Å². The molecule has 2 aliphatic heterocycles. The fraction of sp³-hybridized carbons (Fsp3) is 0.818. The van der Waals surface area contributed by atoms with Crippen molar-refractivity contribution >= 4 is 22.1 Å². The topological polar surface area (TPSA) is 116 Å². The summed E-state index contributed by atoms with van der Waals surface area (Å²) in [4.78, 5) is 22.2. The molecule has 0 bridgehead atoms. The second-order valence-corrected chi connectivity index (χ2v) is 6.78. The minimum Gasteiger partial charge on any atom is -0.480 e. The van der Waals surface area contributed by atoms with Crippen molar-refractivity contribution in [3.05, 3.63) is 0 Å². The normalized spacial score (nSPS) is 28.9. The molecular formula is C11H19N3O5S. The van der Waals surface area contributed by atoms with Crippen LogP contribution in [0.1, 0.15) is 32.1 Å². The lowest BCUT2D eigenvalue weighted by Crippen LogP contribution is -2.56. The SMILES string of the molecule is O=C1CCC(NS(=O)(=O)N2CCCCC2C(=O)O)CN1. The Morgan fingerprint density at radius 2 is 2.10 bits per heavy atom. The maximum Gasteiger partial charge on any atom is 0.322 e. The number of carboxylic acids is 1. The van der Waals surface area contributed by atoms with Gasteiger partial charge in [0.25, 0.3) is 10.2 Å². The molecule has 2 aliphatic rings.